The SMILES string of the molecule is CCNC(C)c1nnc(COC(C)C)o1. The molecule has 0 aliphatic heterocycles. The summed E-state index contributed by atoms with van der Waals surface area (Å²) in [6.45, 7) is 9.22. The van der Waals surface area contributed by atoms with Crippen LogP contribution in [0.2, 0.25) is 0 Å². The maximum atomic E-state index is 5.44. The highest BCUT2D eigenvalue weighted by Gasteiger charge is 2.12. The van der Waals surface area contributed by atoms with Crippen LogP contribution >= 0.6 is 0 Å². The molecule has 86 valence electrons. The van der Waals surface area contributed by atoms with Crippen molar-refractivity contribution >= 4 is 0 Å². The van der Waals surface area contributed by atoms with Gasteiger partial charge in [0, 0.05) is 0 Å². The molecule has 1 rings (SSSR count). The largest absolute Gasteiger partial charge is 0.421 e. The minimum absolute atomic E-state index is 0.0929. The highest BCUT2D eigenvalue weighted by Crippen LogP contribution is 2.11. The van der Waals surface area contributed by atoms with Crippen LogP contribution in [0.3, 0.4) is 0 Å². The molecule has 0 fully saturated rings. The van der Waals surface area contributed by atoms with Crippen molar-refractivity contribution in [2.45, 2.75) is 46.4 Å². The van der Waals surface area contributed by atoms with Crippen LogP contribution in [0.15, 0.2) is 4.42 Å². The van der Waals surface area contributed by atoms with Crippen molar-refractivity contribution in [3.8, 4) is 0 Å². The zero-order valence-corrected chi connectivity index (χ0v) is 9.78. The lowest BCUT2D eigenvalue weighted by atomic mass is 10.3. The van der Waals surface area contributed by atoms with E-state index in [1.54, 1.807) is 0 Å². The van der Waals surface area contributed by atoms with Gasteiger partial charge in [0.25, 0.3) is 0 Å². The molecular formula is C10H19N3O2. The van der Waals surface area contributed by atoms with Crippen LogP contribution in [-0.4, -0.2) is 22.8 Å². The van der Waals surface area contributed by atoms with E-state index in [1.807, 2.05) is 27.7 Å². The summed E-state index contributed by atoms with van der Waals surface area (Å²) in [6.07, 6.45) is 0.173. The van der Waals surface area contributed by atoms with Gasteiger partial charge in [-0.25, -0.2) is 0 Å². The molecule has 1 N–H and O–H groups in total. The average molecular weight is 213 g/mol. The van der Waals surface area contributed by atoms with Gasteiger partial charge in [0.15, 0.2) is 0 Å². The Morgan fingerprint density at radius 1 is 1.33 bits per heavy atom. The molecule has 1 unspecified atom stereocenters. The van der Waals surface area contributed by atoms with Crippen LogP contribution < -0.4 is 5.32 Å². The summed E-state index contributed by atoms with van der Waals surface area (Å²) in [4.78, 5) is 0. The lowest BCUT2D eigenvalue weighted by Crippen LogP contribution is -2.17. The fraction of sp³-hybridized carbons (Fsp3) is 0.800. The van der Waals surface area contributed by atoms with Crippen molar-refractivity contribution in [1.82, 2.24) is 15.5 Å². The van der Waals surface area contributed by atoms with Crippen molar-refractivity contribution in [1.29, 1.82) is 0 Å². The first-order valence-corrected chi connectivity index (χ1v) is 5.30. The van der Waals surface area contributed by atoms with E-state index in [-0.39, 0.29) is 12.1 Å². The predicted octanol–water partition coefficient (Wildman–Crippen LogP) is 1.67. The maximum absolute atomic E-state index is 5.44. The molecule has 5 nitrogen and oxygen atoms in total. The van der Waals surface area contributed by atoms with Gasteiger partial charge in [-0.1, -0.05) is 6.92 Å². The van der Waals surface area contributed by atoms with E-state index in [0.29, 0.717) is 18.4 Å². The van der Waals surface area contributed by atoms with E-state index in [1.165, 1.54) is 0 Å². The molecule has 15 heavy (non-hydrogen) atoms. The van der Waals surface area contributed by atoms with Crippen LogP contribution in [0.4, 0.5) is 0 Å². The first-order chi connectivity index (χ1) is 7.13. The van der Waals surface area contributed by atoms with E-state index in [4.69, 9.17) is 9.15 Å². The van der Waals surface area contributed by atoms with Crippen molar-refractivity contribution in [3.05, 3.63) is 11.8 Å². The Morgan fingerprint density at radius 2 is 2.07 bits per heavy atom. The summed E-state index contributed by atoms with van der Waals surface area (Å²) in [5.41, 5.74) is 0. The zero-order valence-electron chi connectivity index (χ0n) is 9.78. The second-order valence-electron chi connectivity index (χ2n) is 3.67. The standard InChI is InChI=1S/C10H19N3O2/c1-5-11-8(4)10-13-12-9(15-10)6-14-7(2)3/h7-8,11H,5-6H2,1-4H3. The number of rotatable bonds is 6. The quantitative estimate of drug-likeness (QED) is 0.778. The third kappa shape index (κ3) is 3.97. The topological polar surface area (TPSA) is 60.2 Å². The smallest absolute Gasteiger partial charge is 0.242 e. The van der Waals surface area contributed by atoms with Gasteiger partial charge in [0.2, 0.25) is 11.8 Å². The molecule has 0 spiro atoms. The Hall–Kier alpha value is -0.940. The van der Waals surface area contributed by atoms with Gasteiger partial charge in [0.05, 0.1) is 12.1 Å². The molecule has 0 saturated carbocycles. The Balaban J connectivity index is 2.48. The molecular weight excluding hydrogens is 194 g/mol. The van der Waals surface area contributed by atoms with Crippen LogP contribution in [0.5, 0.6) is 0 Å². The van der Waals surface area contributed by atoms with Gasteiger partial charge >= 0.3 is 0 Å². The fourth-order valence-corrected chi connectivity index (χ4v) is 1.13. The van der Waals surface area contributed by atoms with Crippen molar-refractivity contribution in [2.75, 3.05) is 6.54 Å². The van der Waals surface area contributed by atoms with Gasteiger partial charge in [-0.15, -0.1) is 10.2 Å². The van der Waals surface area contributed by atoms with E-state index in [2.05, 4.69) is 15.5 Å². The Labute approximate surface area is 90.2 Å². The van der Waals surface area contributed by atoms with Gasteiger partial charge in [-0.2, -0.15) is 0 Å². The van der Waals surface area contributed by atoms with Gasteiger partial charge in [-0.3, -0.25) is 0 Å². The summed E-state index contributed by atoms with van der Waals surface area (Å²) in [5, 5.41) is 11.1. The van der Waals surface area contributed by atoms with Crippen molar-refractivity contribution in [2.24, 2.45) is 0 Å². The summed E-state index contributed by atoms with van der Waals surface area (Å²) in [5.74, 6) is 1.14. The molecule has 0 aliphatic carbocycles. The van der Waals surface area contributed by atoms with Crippen LogP contribution in [0.1, 0.15) is 45.5 Å². The number of nitrogens with one attached hydrogen (secondary N) is 1. The molecule has 1 aromatic heterocycles. The second-order valence-corrected chi connectivity index (χ2v) is 3.67. The first kappa shape index (κ1) is 12.1. The van der Waals surface area contributed by atoms with E-state index in [9.17, 15) is 0 Å². The molecule has 0 bridgehead atoms. The molecule has 1 aromatic rings. The van der Waals surface area contributed by atoms with E-state index < -0.39 is 0 Å². The summed E-state index contributed by atoms with van der Waals surface area (Å²) in [7, 11) is 0. The molecule has 0 amide bonds. The number of nitrogens with zero attached hydrogens (tertiary/aromatic N) is 2. The molecule has 0 aliphatic rings. The van der Waals surface area contributed by atoms with Gasteiger partial charge < -0.3 is 14.5 Å². The van der Waals surface area contributed by atoms with E-state index in [0.717, 1.165) is 6.54 Å². The third-order valence-corrected chi connectivity index (χ3v) is 1.90. The zero-order chi connectivity index (χ0) is 11.3. The monoisotopic (exact) mass is 213 g/mol. The normalized spacial score (nSPS) is 13.4. The summed E-state index contributed by atoms with van der Waals surface area (Å²) in [6, 6.07) is 0.0929. The highest BCUT2D eigenvalue weighted by molar-refractivity contribution is 4.86. The Bertz CT molecular complexity index is 286. The summed E-state index contributed by atoms with van der Waals surface area (Å²) < 4.78 is 10.8. The number of aromatic nitrogens is 2. The molecule has 0 saturated heterocycles. The predicted molar refractivity (Wildman–Crippen MR) is 56.3 cm³/mol. The van der Waals surface area contributed by atoms with Crippen molar-refractivity contribution < 1.29 is 9.15 Å². The average Bonchev–Trinajstić information content (AvgIpc) is 2.63. The van der Waals surface area contributed by atoms with Gasteiger partial charge in [-0.05, 0) is 27.3 Å². The molecule has 0 radical (unpaired) electrons. The van der Waals surface area contributed by atoms with Gasteiger partial charge in [0.1, 0.15) is 6.61 Å². The van der Waals surface area contributed by atoms with Crippen LogP contribution in [0.25, 0.3) is 0 Å². The molecule has 1 heterocycles. The minimum atomic E-state index is 0.0929. The fourth-order valence-electron chi connectivity index (χ4n) is 1.13. The third-order valence-electron chi connectivity index (χ3n) is 1.90. The molecule has 1 atom stereocenters. The Kier molecular flexibility index (Phi) is 4.71. The second kappa shape index (κ2) is 5.82. The van der Waals surface area contributed by atoms with E-state index >= 15 is 0 Å². The lowest BCUT2D eigenvalue weighted by molar-refractivity contribution is 0.0508. The minimum Gasteiger partial charge on any atom is -0.421 e. The molecule has 0 aromatic carbocycles. The molecule has 5 heteroatoms. The summed E-state index contributed by atoms with van der Waals surface area (Å²) >= 11 is 0. The lowest BCUT2D eigenvalue weighted by Gasteiger charge is -2.06. The number of hydrogen-bond donors (Lipinski definition) is 1. The highest BCUT2D eigenvalue weighted by atomic mass is 16.5. The van der Waals surface area contributed by atoms with Crippen molar-refractivity contribution in [3.63, 3.8) is 0 Å². The number of ether oxygens (including phenoxy) is 1. The number of hydrogen-bond acceptors (Lipinski definition) is 5. The van der Waals surface area contributed by atoms with Crippen LogP contribution in [-0.2, 0) is 11.3 Å². The first-order valence-electron chi connectivity index (χ1n) is 5.30. The maximum Gasteiger partial charge on any atom is 0.242 e. The van der Waals surface area contributed by atoms with Crippen LogP contribution in [0, 0.1) is 0 Å². The Morgan fingerprint density at radius 3 is 2.67 bits per heavy atom.